The van der Waals surface area contributed by atoms with Gasteiger partial charge in [-0.2, -0.15) is 5.26 Å². The highest BCUT2D eigenvalue weighted by Crippen LogP contribution is 2.42. The molecule has 3 rings (SSSR count). The number of carbonyl (C=O) groups is 1. The van der Waals surface area contributed by atoms with Crippen LogP contribution in [0.25, 0.3) is 0 Å². The molecule has 0 bridgehead atoms. The maximum absolute atomic E-state index is 13.3. The van der Waals surface area contributed by atoms with E-state index in [1.54, 1.807) is 18.2 Å². The zero-order chi connectivity index (χ0) is 19.4. The average Bonchev–Trinajstić information content (AvgIpc) is 3.14. The fourth-order valence-electron chi connectivity index (χ4n) is 3.71. The Labute approximate surface area is 165 Å². The Morgan fingerprint density at radius 3 is 2.44 bits per heavy atom. The van der Waals surface area contributed by atoms with E-state index in [1.807, 2.05) is 38.1 Å². The van der Waals surface area contributed by atoms with Gasteiger partial charge in [0.2, 0.25) is 5.91 Å². The molecule has 1 aliphatic rings. The van der Waals surface area contributed by atoms with Crippen LogP contribution < -0.4 is 10.1 Å². The van der Waals surface area contributed by atoms with Gasteiger partial charge >= 0.3 is 0 Å². The molecule has 1 fully saturated rings. The van der Waals surface area contributed by atoms with Crippen molar-refractivity contribution in [2.75, 3.05) is 5.32 Å². The molecule has 0 saturated heterocycles. The Balaban J connectivity index is 1.89. The number of nitrogens with one attached hydrogen (secondary N) is 1. The molecule has 0 aromatic heterocycles. The lowest BCUT2D eigenvalue weighted by Crippen LogP contribution is -2.38. The van der Waals surface area contributed by atoms with Crippen molar-refractivity contribution in [1.82, 2.24) is 0 Å². The third-order valence-electron chi connectivity index (χ3n) is 5.02. The molecule has 1 aliphatic carbocycles. The first-order valence-corrected chi connectivity index (χ1v) is 9.61. The monoisotopic (exact) mass is 382 g/mol. The van der Waals surface area contributed by atoms with E-state index in [1.165, 1.54) is 0 Å². The van der Waals surface area contributed by atoms with Crippen LogP contribution in [0, 0.1) is 11.3 Å². The quantitative estimate of drug-likeness (QED) is 0.747. The van der Waals surface area contributed by atoms with Gasteiger partial charge in [0.05, 0.1) is 22.8 Å². The number of nitrogens with zero attached hydrogens (tertiary/aromatic N) is 1. The Morgan fingerprint density at radius 1 is 1.19 bits per heavy atom. The van der Waals surface area contributed by atoms with Gasteiger partial charge in [-0.1, -0.05) is 36.6 Å². The minimum absolute atomic E-state index is 0.0173. The zero-order valence-corrected chi connectivity index (χ0v) is 16.3. The Kier molecular flexibility index (Phi) is 5.72. The van der Waals surface area contributed by atoms with E-state index in [-0.39, 0.29) is 12.0 Å². The van der Waals surface area contributed by atoms with E-state index in [2.05, 4.69) is 11.4 Å². The standard InChI is InChI=1S/C22H23ClN2O2/c1-15(2)27-19-9-10-20(16(13-19)14-24)25-21(26)22(11-3-4-12-22)17-5-7-18(23)8-6-17/h5-10,13,15H,3-4,11-12H2,1-2H3,(H,25,26). The van der Waals surface area contributed by atoms with Gasteiger partial charge in [-0.3, -0.25) is 4.79 Å². The van der Waals surface area contributed by atoms with Crippen molar-refractivity contribution in [1.29, 1.82) is 5.26 Å². The first-order chi connectivity index (χ1) is 12.9. The van der Waals surface area contributed by atoms with Crippen molar-refractivity contribution >= 4 is 23.2 Å². The lowest BCUT2D eigenvalue weighted by atomic mass is 9.78. The van der Waals surface area contributed by atoms with Gasteiger partial charge in [-0.25, -0.2) is 0 Å². The van der Waals surface area contributed by atoms with Gasteiger partial charge < -0.3 is 10.1 Å². The van der Waals surface area contributed by atoms with E-state index < -0.39 is 5.41 Å². The molecule has 1 N–H and O–H groups in total. The summed E-state index contributed by atoms with van der Waals surface area (Å²) in [4.78, 5) is 13.3. The van der Waals surface area contributed by atoms with Crippen molar-refractivity contribution in [2.45, 2.75) is 51.0 Å². The van der Waals surface area contributed by atoms with Crippen LogP contribution in [0.1, 0.15) is 50.7 Å². The fraction of sp³-hybridized carbons (Fsp3) is 0.364. The lowest BCUT2D eigenvalue weighted by molar-refractivity contribution is -0.121. The second-order valence-electron chi connectivity index (χ2n) is 7.24. The topological polar surface area (TPSA) is 62.1 Å². The molecule has 1 saturated carbocycles. The van der Waals surface area contributed by atoms with Crippen LogP contribution in [0.5, 0.6) is 5.75 Å². The number of halogens is 1. The minimum atomic E-state index is -0.579. The van der Waals surface area contributed by atoms with Gasteiger partial charge in [-0.05, 0) is 56.5 Å². The van der Waals surface area contributed by atoms with E-state index in [0.29, 0.717) is 22.0 Å². The number of anilines is 1. The molecule has 2 aromatic carbocycles. The van der Waals surface area contributed by atoms with Crippen LogP contribution in [0.2, 0.25) is 5.02 Å². The van der Waals surface area contributed by atoms with Crippen molar-refractivity contribution in [3.63, 3.8) is 0 Å². The van der Waals surface area contributed by atoms with Crippen LogP contribution in [0.15, 0.2) is 42.5 Å². The van der Waals surface area contributed by atoms with Crippen LogP contribution >= 0.6 is 11.6 Å². The number of hydrogen-bond donors (Lipinski definition) is 1. The van der Waals surface area contributed by atoms with Gasteiger partial charge in [0.15, 0.2) is 0 Å². The van der Waals surface area contributed by atoms with Crippen molar-refractivity contribution in [3.8, 4) is 11.8 Å². The summed E-state index contributed by atoms with van der Waals surface area (Å²) in [5.41, 5.74) is 1.30. The number of amides is 1. The molecule has 0 unspecified atom stereocenters. The van der Waals surface area contributed by atoms with Crippen molar-refractivity contribution in [3.05, 3.63) is 58.6 Å². The SMILES string of the molecule is CC(C)Oc1ccc(NC(=O)C2(c3ccc(Cl)cc3)CCCC2)c(C#N)c1. The Morgan fingerprint density at radius 2 is 1.85 bits per heavy atom. The zero-order valence-electron chi connectivity index (χ0n) is 15.6. The molecule has 4 nitrogen and oxygen atoms in total. The molecular formula is C22H23ClN2O2. The number of carbonyl (C=O) groups excluding carboxylic acids is 1. The summed E-state index contributed by atoms with van der Waals surface area (Å²) < 4.78 is 5.64. The molecule has 0 heterocycles. The van der Waals surface area contributed by atoms with Crippen molar-refractivity contribution in [2.24, 2.45) is 0 Å². The number of benzene rings is 2. The van der Waals surface area contributed by atoms with Crippen LogP contribution in [-0.4, -0.2) is 12.0 Å². The normalized spacial score (nSPS) is 15.4. The van der Waals surface area contributed by atoms with Gasteiger partial charge in [0.25, 0.3) is 0 Å². The summed E-state index contributed by atoms with van der Waals surface area (Å²) in [6.45, 7) is 3.86. The number of hydrogen-bond acceptors (Lipinski definition) is 3. The maximum Gasteiger partial charge on any atom is 0.235 e. The smallest absolute Gasteiger partial charge is 0.235 e. The molecule has 0 radical (unpaired) electrons. The minimum Gasteiger partial charge on any atom is -0.491 e. The van der Waals surface area contributed by atoms with Crippen molar-refractivity contribution < 1.29 is 9.53 Å². The average molecular weight is 383 g/mol. The Bertz CT molecular complexity index is 863. The summed E-state index contributed by atoms with van der Waals surface area (Å²) in [7, 11) is 0. The molecule has 0 atom stereocenters. The van der Waals surface area contributed by atoms with Gasteiger partial charge in [0.1, 0.15) is 11.8 Å². The summed E-state index contributed by atoms with van der Waals surface area (Å²) in [6, 6.07) is 14.8. The third kappa shape index (κ3) is 4.09. The van der Waals surface area contributed by atoms with E-state index >= 15 is 0 Å². The summed E-state index contributed by atoms with van der Waals surface area (Å²) in [5, 5.41) is 13.1. The fourth-order valence-corrected chi connectivity index (χ4v) is 3.83. The largest absolute Gasteiger partial charge is 0.491 e. The van der Waals surface area contributed by atoms with E-state index in [4.69, 9.17) is 16.3 Å². The number of nitriles is 1. The molecular weight excluding hydrogens is 360 g/mol. The highest BCUT2D eigenvalue weighted by molar-refractivity contribution is 6.30. The summed E-state index contributed by atoms with van der Waals surface area (Å²) >= 11 is 6.01. The predicted octanol–water partition coefficient (Wildman–Crippen LogP) is 5.45. The molecule has 0 spiro atoms. The highest BCUT2D eigenvalue weighted by Gasteiger charge is 2.42. The summed E-state index contributed by atoms with van der Waals surface area (Å²) in [5.74, 6) is 0.546. The molecule has 1 amide bonds. The summed E-state index contributed by atoms with van der Waals surface area (Å²) in [6.07, 6.45) is 3.60. The molecule has 2 aromatic rings. The first kappa shape index (κ1) is 19.3. The van der Waals surface area contributed by atoms with E-state index in [9.17, 15) is 10.1 Å². The van der Waals surface area contributed by atoms with Crippen LogP contribution in [0.4, 0.5) is 5.69 Å². The molecule has 0 aliphatic heterocycles. The van der Waals surface area contributed by atoms with Gasteiger partial charge in [0, 0.05) is 11.1 Å². The van der Waals surface area contributed by atoms with Crippen LogP contribution in [-0.2, 0) is 10.2 Å². The second kappa shape index (κ2) is 8.02. The second-order valence-corrected chi connectivity index (χ2v) is 7.67. The molecule has 27 heavy (non-hydrogen) atoms. The lowest BCUT2D eigenvalue weighted by Gasteiger charge is -2.28. The maximum atomic E-state index is 13.3. The third-order valence-corrected chi connectivity index (χ3v) is 5.27. The number of ether oxygens (including phenoxy) is 1. The van der Waals surface area contributed by atoms with E-state index in [0.717, 1.165) is 31.2 Å². The Hall–Kier alpha value is -2.51. The highest BCUT2D eigenvalue weighted by atomic mass is 35.5. The molecule has 140 valence electrons. The molecule has 5 heteroatoms. The number of rotatable bonds is 5. The predicted molar refractivity (Wildman–Crippen MR) is 107 cm³/mol. The van der Waals surface area contributed by atoms with Crippen LogP contribution in [0.3, 0.4) is 0 Å². The first-order valence-electron chi connectivity index (χ1n) is 9.23. The van der Waals surface area contributed by atoms with Gasteiger partial charge in [-0.15, -0.1) is 0 Å².